The second-order valence-electron chi connectivity index (χ2n) is 6.56. The Bertz CT molecular complexity index is 1130. The molecular weight excluding hydrogens is 468 g/mol. The molecule has 0 amide bonds. The zero-order valence-electron chi connectivity index (χ0n) is 15.9. The van der Waals surface area contributed by atoms with Gasteiger partial charge in [0.15, 0.2) is 0 Å². The van der Waals surface area contributed by atoms with Crippen molar-refractivity contribution in [3.05, 3.63) is 69.3 Å². The quantitative estimate of drug-likeness (QED) is 0.595. The first kappa shape index (κ1) is 21.4. The van der Waals surface area contributed by atoms with E-state index < -0.39 is 21.5 Å². The number of hydrogen-bond donors (Lipinski definition) is 0. The van der Waals surface area contributed by atoms with Crippen molar-refractivity contribution in [3.63, 3.8) is 0 Å². The molecule has 2 aromatic rings. The van der Waals surface area contributed by atoms with E-state index in [1.165, 1.54) is 18.3 Å². The highest BCUT2D eigenvalue weighted by Crippen LogP contribution is 2.31. The Morgan fingerprint density at radius 1 is 1.28 bits per heavy atom. The van der Waals surface area contributed by atoms with Crippen LogP contribution in [0.15, 0.2) is 51.6 Å². The van der Waals surface area contributed by atoms with Crippen LogP contribution in [0, 0.1) is 18.6 Å². The van der Waals surface area contributed by atoms with Crippen LogP contribution in [0.5, 0.6) is 0 Å². The predicted octanol–water partition coefficient (Wildman–Crippen LogP) is 4.01. The van der Waals surface area contributed by atoms with Crippen LogP contribution in [0.1, 0.15) is 18.2 Å². The third-order valence-corrected chi connectivity index (χ3v) is 5.78. The number of anilines is 1. The van der Waals surface area contributed by atoms with Crippen molar-refractivity contribution in [3.8, 4) is 0 Å². The van der Waals surface area contributed by atoms with E-state index in [1.807, 2.05) is 11.8 Å². The second kappa shape index (κ2) is 8.19. The van der Waals surface area contributed by atoms with E-state index in [0.717, 1.165) is 18.0 Å². The lowest BCUT2D eigenvalue weighted by Crippen LogP contribution is -2.28. The number of nitrogens with zero attached hydrogens (tertiary/aromatic N) is 3. The van der Waals surface area contributed by atoms with Crippen LogP contribution in [-0.4, -0.2) is 31.2 Å². The molecule has 1 aliphatic heterocycles. The van der Waals surface area contributed by atoms with E-state index in [4.69, 9.17) is 4.74 Å². The Morgan fingerprint density at radius 2 is 2.00 bits per heavy atom. The van der Waals surface area contributed by atoms with E-state index in [9.17, 15) is 17.2 Å². The summed E-state index contributed by atoms with van der Waals surface area (Å²) in [6.07, 6.45) is 4.29. The van der Waals surface area contributed by atoms with Crippen LogP contribution in [0.2, 0.25) is 0 Å². The summed E-state index contributed by atoms with van der Waals surface area (Å²) in [5.41, 5.74) is 2.23. The standard InChI is InChI=1S/C19H18BrF2N3O3S/c1-11-6-18(28-10-13-4-5-14(21)7-16(13)22)15(20)9-25(11)17-8-23-19(24-12(17)2)29(3,26)27/h4-8H,9-10H2,1-3H3. The number of aromatic nitrogens is 2. The third-order valence-electron chi connectivity index (χ3n) is 4.28. The molecule has 0 unspecified atom stereocenters. The van der Waals surface area contributed by atoms with Crippen molar-refractivity contribution >= 4 is 31.5 Å². The molecule has 0 bridgehead atoms. The molecule has 10 heteroatoms. The normalized spacial score (nSPS) is 14.8. The summed E-state index contributed by atoms with van der Waals surface area (Å²) in [5, 5.41) is -0.225. The van der Waals surface area contributed by atoms with Crippen LogP contribution >= 0.6 is 15.9 Å². The molecule has 154 valence electrons. The third kappa shape index (κ3) is 4.81. The maximum Gasteiger partial charge on any atom is 0.247 e. The van der Waals surface area contributed by atoms with Crippen molar-refractivity contribution < 1.29 is 21.9 Å². The van der Waals surface area contributed by atoms with Gasteiger partial charge in [-0.1, -0.05) is 0 Å². The molecule has 0 atom stereocenters. The van der Waals surface area contributed by atoms with Crippen molar-refractivity contribution in [1.82, 2.24) is 9.97 Å². The molecule has 29 heavy (non-hydrogen) atoms. The number of ether oxygens (including phenoxy) is 1. The van der Waals surface area contributed by atoms with E-state index in [2.05, 4.69) is 25.9 Å². The summed E-state index contributed by atoms with van der Waals surface area (Å²) in [7, 11) is -3.49. The Hall–Kier alpha value is -2.33. The zero-order valence-corrected chi connectivity index (χ0v) is 18.3. The van der Waals surface area contributed by atoms with Gasteiger partial charge in [0.2, 0.25) is 15.0 Å². The second-order valence-corrected chi connectivity index (χ2v) is 9.43. The van der Waals surface area contributed by atoms with Gasteiger partial charge >= 0.3 is 0 Å². The molecule has 1 aromatic carbocycles. The molecule has 0 spiro atoms. The lowest BCUT2D eigenvalue weighted by Gasteiger charge is -2.30. The molecular formula is C19H18BrF2N3O3S. The Kier molecular flexibility index (Phi) is 6.04. The van der Waals surface area contributed by atoms with E-state index in [1.54, 1.807) is 13.0 Å². The highest BCUT2D eigenvalue weighted by molar-refractivity contribution is 9.11. The van der Waals surface area contributed by atoms with Crippen LogP contribution in [0.4, 0.5) is 14.5 Å². The molecule has 0 aliphatic carbocycles. The SMILES string of the molecule is CC1=CC(OCc2ccc(F)cc2F)=C(Br)CN1c1cnc(S(C)(=O)=O)nc1C. The van der Waals surface area contributed by atoms with Gasteiger partial charge in [0.05, 0.1) is 28.6 Å². The lowest BCUT2D eigenvalue weighted by molar-refractivity contribution is 0.204. The lowest BCUT2D eigenvalue weighted by atomic mass is 10.2. The minimum Gasteiger partial charge on any atom is -0.488 e. The van der Waals surface area contributed by atoms with Crippen molar-refractivity contribution in [2.75, 3.05) is 17.7 Å². The van der Waals surface area contributed by atoms with Gasteiger partial charge in [0.1, 0.15) is 24.0 Å². The number of allylic oxidation sites excluding steroid dienone is 2. The van der Waals surface area contributed by atoms with Crippen LogP contribution in [0.25, 0.3) is 0 Å². The van der Waals surface area contributed by atoms with Crippen molar-refractivity contribution in [1.29, 1.82) is 0 Å². The number of sulfone groups is 1. The smallest absolute Gasteiger partial charge is 0.247 e. The van der Waals surface area contributed by atoms with Gasteiger partial charge in [-0.3, -0.25) is 0 Å². The highest BCUT2D eigenvalue weighted by atomic mass is 79.9. The molecule has 1 aromatic heterocycles. The average molecular weight is 486 g/mol. The molecule has 0 fully saturated rings. The molecule has 0 saturated heterocycles. The number of rotatable bonds is 5. The van der Waals surface area contributed by atoms with Gasteiger partial charge < -0.3 is 9.64 Å². The van der Waals surface area contributed by atoms with Gasteiger partial charge in [-0.15, -0.1) is 0 Å². The fraction of sp³-hybridized carbons (Fsp3) is 0.263. The summed E-state index contributed by atoms with van der Waals surface area (Å²) >= 11 is 3.47. The van der Waals surface area contributed by atoms with Gasteiger partial charge in [0, 0.05) is 29.7 Å². The maximum atomic E-state index is 13.8. The Balaban J connectivity index is 1.79. The predicted molar refractivity (Wildman–Crippen MR) is 108 cm³/mol. The van der Waals surface area contributed by atoms with Crippen LogP contribution in [-0.2, 0) is 21.2 Å². The average Bonchev–Trinajstić information content (AvgIpc) is 2.62. The monoisotopic (exact) mass is 485 g/mol. The first-order chi connectivity index (χ1) is 13.6. The molecule has 3 rings (SSSR count). The molecule has 2 heterocycles. The number of halogens is 3. The topological polar surface area (TPSA) is 72.4 Å². The number of hydrogen-bond acceptors (Lipinski definition) is 6. The van der Waals surface area contributed by atoms with Gasteiger partial charge in [-0.2, -0.15) is 0 Å². The van der Waals surface area contributed by atoms with Crippen molar-refractivity contribution in [2.24, 2.45) is 0 Å². The first-order valence-corrected chi connectivity index (χ1v) is 11.2. The summed E-state index contributed by atoms with van der Waals surface area (Å²) in [4.78, 5) is 9.94. The van der Waals surface area contributed by atoms with Crippen LogP contribution in [0.3, 0.4) is 0 Å². The van der Waals surface area contributed by atoms with Crippen LogP contribution < -0.4 is 4.90 Å². The molecule has 0 radical (unpaired) electrons. The number of benzene rings is 1. The summed E-state index contributed by atoms with van der Waals surface area (Å²) < 4.78 is 56.5. The molecule has 0 saturated carbocycles. The van der Waals surface area contributed by atoms with Gasteiger partial charge in [-0.05, 0) is 41.9 Å². The Morgan fingerprint density at radius 3 is 2.62 bits per heavy atom. The first-order valence-electron chi connectivity index (χ1n) is 8.51. The molecule has 6 nitrogen and oxygen atoms in total. The molecule has 0 N–H and O–H groups in total. The highest BCUT2D eigenvalue weighted by Gasteiger charge is 2.23. The van der Waals surface area contributed by atoms with E-state index in [0.29, 0.717) is 28.2 Å². The fourth-order valence-electron chi connectivity index (χ4n) is 2.76. The minimum atomic E-state index is -3.49. The van der Waals surface area contributed by atoms with Gasteiger partial charge in [-0.25, -0.2) is 27.2 Å². The van der Waals surface area contributed by atoms with Gasteiger partial charge in [0.25, 0.3) is 0 Å². The molecule has 1 aliphatic rings. The Labute approximate surface area is 176 Å². The maximum absolute atomic E-state index is 13.8. The van der Waals surface area contributed by atoms with E-state index >= 15 is 0 Å². The van der Waals surface area contributed by atoms with Crippen molar-refractivity contribution in [2.45, 2.75) is 25.6 Å². The summed E-state index contributed by atoms with van der Waals surface area (Å²) in [5.74, 6) is -0.789. The summed E-state index contributed by atoms with van der Waals surface area (Å²) in [6.45, 7) is 3.91. The largest absolute Gasteiger partial charge is 0.488 e. The van der Waals surface area contributed by atoms with E-state index in [-0.39, 0.29) is 17.3 Å². The fourth-order valence-corrected chi connectivity index (χ4v) is 3.79. The zero-order chi connectivity index (χ0) is 21.3. The summed E-state index contributed by atoms with van der Waals surface area (Å²) in [6, 6.07) is 3.33. The number of aryl methyl sites for hydroxylation is 1. The minimum absolute atomic E-state index is 0.0501.